The maximum Gasteiger partial charge on any atom is 0.195 e. The summed E-state index contributed by atoms with van der Waals surface area (Å²) < 4.78 is 5.19. The molecule has 8 heteroatoms. The summed E-state index contributed by atoms with van der Waals surface area (Å²) >= 11 is 7.80. The molecule has 0 aliphatic heterocycles. The molecule has 0 atom stereocenters. The minimum atomic E-state index is -0.454. The number of rotatable bonds is 8. The van der Waals surface area contributed by atoms with Crippen molar-refractivity contribution in [2.24, 2.45) is 0 Å². The summed E-state index contributed by atoms with van der Waals surface area (Å²) in [6, 6.07) is 5.61. The standard InChI is InChI=1S/C20H20ClN3O3S/c1-11-12(2)28-20-18(11)19(23-17(24-20)7-5-14(26)10-25)22-9-13-4-6-16(27-3)15(21)8-13/h4,6,8,10H,5,7,9H2,1-3H3,(H,22,23,24). The van der Waals surface area contributed by atoms with Crippen LogP contribution in [0.5, 0.6) is 5.75 Å². The van der Waals surface area contributed by atoms with Crippen LogP contribution in [0.1, 0.15) is 28.2 Å². The molecule has 0 spiro atoms. The molecular weight excluding hydrogens is 398 g/mol. The third-order valence-electron chi connectivity index (χ3n) is 4.48. The number of ketones is 1. The van der Waals surface area contributed by atoms with Crippen LogP contribution in [-0.4, -0.2) is 29.1 Å². The number of benzene rings is 1. The molecule has 0 amide bonds. The van der Waals surface area contributed by atoms with E-state index in [9.17, 15) is 9.59 Å². The predicted molar refractivity (Wildman–Crippen MR) is 112 cm³/mol. The van der Waals surface area contributed by atoms with Crippen LogP contribution in [0.2, 0.25) is 5.02 Å². The lowest BCUT2D eigenvalue weighted by Gasteiger charge is -2.11. The number of aldehydes is 1. The van der Waals surface area contributed by atoms with E-state index in [0.29, 0.717) is 41.7 Å². The Morgan fingerprint density at radius 1 is 1.32 bits per heavy atom. The Kier molecular flexibility index (Phi) is 6.26. The van der Waals surface area contributed by atoms with Gasteiger partial charge in [0.05, 0.1) is 17.5 Å². The Morgan fingerprint density at radius 2 is 2.11 bits per heavy atom. The van der Waals surface area contributed by atoms with Crippen molar-refractivity contribution in [1.29, 1.82) is 0 Å². The molecule has 0 saturated heterocycles. The molecule has 6 nitrogen and oxygen atoms in total. The molecule has 0 unspecified atom stereocenters. The largest absolute Gasteiger partial charge is 0.495 e. The van der Waals surface area contributed by atoms with Gasteiger partial charge >= 0.3 is 0 Å². The number of hydrogen-bond acceptors (Lipinski definition) is 7. The second-order valence-electron chi connectivity index (χ2n) is 6.36. The van der Waals surface area contributed by atoms with Crippen molar-refractivity contribution in [3.05, 3.63) is 45.1 Å². The summed E-state index contributed by atoms with van der Waals surface area (Å²) in [6.45, 7) is 4.61. The van der Waals surface area contributed by atoms with E-state index in [-0.39, 0.29) is 6.42 Å². The number of nitrogens with one attached hydrogen (secondary N) is 1. The van der Waals surface area contributed by atoms with Crippen molar-refractivity contribution in [1.82, 2.24) is 9.97 Å². The van der Waals surface area contributed by atoms with Crippen molar-refractivity contribution in [3.63, 3.8) is 0 Å². The number of Topliss-reactive ketones (excluding diaryl/α,β-unsaturated/α-hetero) is 1. The van der Waals surface area contributed by atoms with Crippen molar-refractivity contribution in [3.8, 4) is 5.75 Å². The SMILES string of the molecule is COc1ccc(CNc2nc(CCC(=O)C=O)nc3sc(C)c(C)c23)cc1Cl. The van der Waals surface area contributed by atoms with Gasteiger partial charge in [-0.05, 0) is 37.1 Å². The number of halogens is 1. The quantitative estimate of drug-likeness (QED) is 0.435. The maximum atomic E-state index is 11.3. The van der Waals surface area contributed by atoms with Gasteiger partial charge in [0, 0.05) is 24.3 Å². The number of aromatic nitrogens is 2. The molecular formula is C20H20ClN3O3S. The number of nitrogens with zero attached hydrogens (tertiary/aromatic N) is 2. The number of hydrogen-bond donors (Lipinski definition) is 1. The van der Waals surface area contributed by atoms with E-state index >= 15 is 0 Å². The van der Waals surface area contributed by atoms with Crippen LogP contribution in [0.15, 0.2) is 18.2 Å². The number of carbonyl (C=O) groups excluding carboxylic acids is 2. The monoisotopic (exact) mass is 417 g/mol. The summed E-state index contributed by atoms with van der Waals surface area (Å²) in [4.78, 5) is 33.1. The molecule has 1 aromatic carbocycles. The molecule has 0 aliphatic rings. The van der Waals surface area contributed by atoms with Crippen LogP contribution in [0.3, 0.4) is 0 Å². The van der Waals surface area contributed by atoms with Crippen LogP contribution in [0.25, 0.3) is 10.2 Å². The van der Waals surface area contributed by atoms with Crippen LogP contribution < -0.4 is 10.1 Å². The first kappa shape index (κ1) is 20.2. The predicted octanol–water partition coefficient (Wildman–Crippen LogP) is 4.28. The van der Waals surface area contributed by atoms with Crippen molar-refractivity contribution < 1.29 is 14.3 Å². The van der Waals surface area contributed by atoms with Gasteiger partial charge in [0.2, 0.25) is 0 Å². The Morgan fingerprint density at radius 3 is 2.79 bits per heavy atom. The maximum absolute atomic E-state index is 11.3. The Balaban J connectivity index is 1.90. The van der Waals surface area contributed by atoms with Gasteiger partial charge < -0.3 is 10.1 Å². The van der Waals surface area contributed by atoms with E-state index in [0.717, 1.165) is 21.3 Å². The molecule has 3 aromatic rings. The molecule has 0 fully saturated rings. The van der Waals surface area contributed by atoms with Crippen LogP contribution in [-0.2, 0) is 22.6 Å². The summed E-state index contributed by atoms with van der Waals surface area (Å²) in [6.07, 6.45) is 0.767. The summed E-state index contributed by atoms with van der Waals surface area (Å²) in [5, 5.41) is 4.89. The Bertz CT molecular complexity index is 1050. The number of aryl methyl sites for hydroxylation is 3. The van der Waals surface area contributed by atoms with E-state index in [1.807, 2.05) is 32.0 Å². The lowest BCUT2D eigenvalue weighted by molar-refractivity contribution is -0.129. The summed E-state index contributed by atoms with van der Waals surface area (Å²) in [5.41, 5.74) is 2.12. The minimum Gasteiger partial charge on any atom is -0.495 e. The highest BCUT2D eigenvalue weighted by Gasteiger charge is 2.15. The fourth-order valence-electron chi connectivity index (χ4n) is 2.83. The summed E-state index contributed by atoms with van der Waals surface area (Å²) in [7, 11) is 1.58. The number of carbonyl (C=O) groups is 2. The zero-order valence-corrected chi connectivity index (χ0v) is 17.4. The molecule has 28 heavy (non-hydrogen) atoms. The number of ether oxygens (including phenoxy) is 1. The minimum absolute atomic E-state index is 0.103. The lowest BCUT2D eigenvalue weighted by atomic mass is 10.1. The average molecular weight is 418 g/mol. The van der Waals surface area contributed by atoms with E-state index < -0.39 is 5.78 Å². The van der Waals surface area contributed by atoms with Crippen LogP contribution in [0, 0.1) is 13.8 Å². The molecule has 0 saturated carbocycles. The smallest absolute Gasteiger partial charge is 0.195 e. The van der Waals surface area contributed by atoms with Gasteiger partial charge in [-0.1, -0.05) is 17.7 Å². The van der Waals surface area contributed by atoms with E-state index in [1.54, 1.807) is 18.4 Å². The van der Waals surface area contributed by atoms with Crippen molar-refractivity contribution in [2.75, 3.05) is 12.4 Å². The average Bonchev–Trinajstić information content (AvgIpc) is 2.98. The Labute approximate surface area is 171 Å². The fourth-order valence-corrected chi connectivity index (χ4v) is 4.16. The molecule has 2 aromatic heterocycles. The third-order valence-corrected chi connectivity index (χ3v) is 5.87. The first-order valence-electron chi connectivity index (χ1n) is 8.73. The Hall–Kier alpha value is -2.51. The molecule has 2 heterocycles. The second kappa shape index (κ2) is 8.67. The molecule has 0 aliphatic carbocycles. The van der Waals surface area contributed by atoms with Gasteiger partial charge in [-0.2, -0.15) is 0 Å². The molecule has 1 N–H and O–H groups in total. The van der Waals surface area contributed by atoms with Crippen LogP contribution >= 0.6 is 22.9 Å². The zero-order chi connectivity index (χ0) is 20.3. The lowest BCUT2D eigenvalue weighted by Crippen LogP contribution is -2.08. The van der Waals surface area contributed by atoms with E-state index in [4.69, 9.17) is 16.3 Å². The number of thiophene rings is 1. The number of methoxy groups -OCH3 is 1. The fraction of sp³-hybridized carbons (Fsp3) is 0.300. The third kappa shape index (κ3) is 4.31. The zero-order valence-electron chi connectivity index (χ0n) is 15.8. The van der Waals surface area contributed by atoms with Gasteiger partial charge in [0.15, 0.2) is 12.1 Å². The number of anilines is 1. The molecule has 0 radical (unpaired) electrons. The summed E-state index contributed by atoms with van der Waals surface area (Å²) in [5.74, 6) is 1.43. The highest BCUT2D eigenvalue weighted by molar-refractivity contribution is 7.18. The topological polar surface area (TPSA) is 81.2 Å². The molecule has 146 valence electrons. The first-order chi connectivity index (χ1) is 13.4. The van der Waals surface area contributed by atoms with Gasteiger partial charge in [0.1, 0.15) is 22.2 Å². The van der Waals surface area contributed by atoms with Crippen molar-refractivity contribution >= 4 is 51.0 Å². The van der Waals surface area contributed by atoms with E-state index in [1.165, 1.54) is 4.88 Å². The van der Waals surface area contributed by atoms with Gasteiger partial charge in [-0.15, -0.1) is 11.3 Å². The van der Waals surface area contributed by atoms with Crippen LogP contribution in [0.4, 0.5) is 5.82 Å². The van der Waals surface area contributed by atoms with Gasteiger partial charge in [0.25, 0.3) is 0 Å². The normalized spacial score (nSPS) is 10.9. The van der Waals surface area contributed by atoms with Crippen molar-refractivity contribution in [2.45, 2.75) is 33.2 Å². The second-order valence-corrected chi connectivity index (χ2v) is 7.97. The number of fused-ring (bicyclic) bond motifs is 1. The van der Waals surface area contributed by atoms with Gasteiger partial charge in [-0.25, -0.2) is 9.97 Å². The highest BCUT2D eigenvalue weighted by Crippen LogP contribution is 2.34. The molecule has 0 bridgehead atoms. The first-order valence-corrected chi connectivity index (χ1v) is 9.93. The van der Waals surface area contributed by atoms with E-state index in [2.05, 4.69) is 15.3 Å². The highest BCUT2D eigenvalue weighted by atomic mass is 35.5. The molecule has 3 rings (SSSR count). The van der Waals surface area contributed by atoms with Gasteiger partial charge in [-0.3, -0.25) is 9.59 Å².